The third-order valence-electron chi connectivity index (χ3n) is 10.2. The Balaban J connectivity index is 1.25. The second-order valence-corrected chi connectivity index (χ2v) is 14.8. The van der Waals surface area contributed by atoms with Crippen LogP contribution in [0.15, 0.2) is 11.4 Å². The van der Waals surface area contributed by atoms with Crippen molar-refractivity contribution in [1.29, 1.82) is 0 Å². The molecule has 9 rings (SSSR count). The summed E-state index contributed by atoms with van der Waals surface area (Å²) < 4.78 is 23.8. The van der Waals surface area contributed by atoms with Gasteiger partial charge >= 0.3 is 0 Å². The van der Waals surface area contributed by atoms with Gasteiger partial charge in [-0.3, -0.25) is 4.79 Å². The van der Waals surface area contributed by atoms with Crippen molar-refractivity contribution in [2.75, 3.05) is 29.9 Å². The van der Waals surface area contributed by atoms with Crippen molar-refractivity contribution in [3.63, 3.8) is 0 Å². The average molecular weight is 499 g/mol. The Labute approximate surface area is 206 Å². The molecule has 2 unspecified atom stereocenters. The number of hydrogen-bond donors (Lipinski definition) is 1. The molecular formula is C26H34N4O4S. The number of amides is 1. The molecule has 2 heterocycles. The van der Waals surface area contributed by atoms with Crippen molar-refractivity contribution in [2.24, 2.45) is 17.0 Å². The molecule has 1 saturated heterocycles. The first-order chi connectivity index (χ1) is 16.8. The molecular weight excluding hydrogens is 464 g/mol. The van der Waals surface area contributed by atoms with E-state index in [1.165, 1.54) is 12.0 Å². The van der Waals surface area contributed by atoms with Crippen molar-refractivity contribution in [1.82, 2.24) is 9.88 Å². The molecule has 2 atom stereocenters. The zero-order valence-electron chi connectivity index (χ0n) is 20.2. The van der Waals surface area contributed by atoms with Gasteiger partial charge in [-0.05, 0) is 93.4 Å². The molecule has 1 aliphatic heterocycles. The van der Waals surface area contributed by atoms with E-state index in [9.17, 15) is 18.1 Å². The van der Waals surface area contributed by atoms with Gasteiger partial charge in [0.05, 0.1) is 17.1 Å². The number of aromatic nitrogens is 1. The van der Waals surface area contributed by atoms with Gasteiger partial charge in [-0.25, -0.2) is 13.4 Å². The van der Waals surface area contributed by atoms with Crippen molar-refractivity contribution >= 4 is 21.6 Å². The molecule has 9 heteroatoms. The van der Waals surface area contributed by atoms with E-state index >= 15 is 0 Å². The predicted molar refractivity (Wildman–Crippen MR) is 132 cm³/mol. The topological polar surface area (TPSA) is 109 Å². The number of nitrogens with one attached hydrogen (secondary N) is 1. The Kier molecular flexibility index (Phi) is 4.75. The summed E-state index contributed by atoms with van der Waals surface area (Å²) in [6, 6.07) is 0. The average Bonchev–Trinajstić information content (AvgIpc) is 2.83. The lowest BCUT2D eigenvalue weighted by atomic mass is 9.50. The molecule has 1 aromatic rings. The molecule has 8 nitrogen and oxygen atoms in total. The van der Waals surface area contributed by atoms with Crippen LogP contribution in [0, 0.1) is 16.7 Å². The summed E-state index contributed by atoms with van der Waals surface area (Å²) in [6.45, 7) is 0.521. The minimum atomic E-state index is -3.05. The Morgan fingerprint density at radius 3 is 2.26 bits per heavy atom. The molecule has 0 aromatic carbocycles. The zero-order valence-corrected chi connectivity index (χ0v) is 21.0. The summed E-state index contributed by atoms with van der Waals surface area (Å²) in [6.07, 6.45) is 12.3. The monoisotopic (exact) mass is 498 g/mol. The summed E-state index contributed by atoms with van der Waals surface area (Å²) in [5.74, 6) is 2.83. The number of carbonyl (C=O) groups excluding carboxylic acids is 1. The van der Waals surface area contributed by atoms with Crippen LogP contribution in [0.5, 0.6) is 0 Å². The fraction of sp³-hybridized carbons (Fsp3) is 0.769. The Hall–Kier alpha value is -2.03. The number of carbonyl (C=O) groups is 1. The largest absolute Gasteiger partial charge is 0.364 e. The summed E-state index contributed by atoms with van der Waals surface area (Å²) in [7, 11) is -3.05. The zero-order chi connectivity index (χ0) is 24.0. The highest BCUT2D eigenvalue weighted by molar-refractivity contribution is 7.91. The van der Waals surface area contributed by atoms with Crippen molar-refractivity contribution < 1.29 is 13.2 Å². The molecule has 35 heavy (non-hydrogen) atoms. The minimum absolute atomic E-state index is 0.0391. The van der Waals surface area contributed by atoms with Crippen LogP contribution in [-0.2, 0) is 9.84 Å². The van der Waals surface area contributed by atoms with Gasteiger partial charge < -0.3 is 10.2 Å². The standard InChI is InChI=1S/C26H34N4O4S/c31-24(30-5-7-35(33,34)8-6-30)20-14-27-23(22-19-3-1-18(2-4-19)21(20)22)28-25-10-16-9-17(11-25)13-26(12-16,15-25)29-32/h14,16-19H,1-13,15H2,(H,27,28). The van der Waals surface area contributed by atoms with Gasteiger partial charge in [0.25, 0.3) is 5.91 Å². The lowest BCUT2D eigenvalue weighted by Gasteiger charge is -2.59. The van der Waals surface area contributed by atoms with Crippen LogP contribution in [0.2, 0.25) is 0 Å². The highest BCUT2D eigenvalue weighted by atomic mass is 32.2. The number of nitroso groups, excluding NO2 is 1. The van der Waals surface area contributed by atoms with Crippen LogP contribution in [0.3, 0.4) is 0 Å². The molecule has 6 fully saturated rings. The van der Waals surface area contributed by atoms with Crippen molar-refractivity contribution in [3.05, 3.63) is 27.8 Å². The fourth-order valence-electron chi connectivity index (χ4n) is 9.14. The number of pyridine rings is 1. The lowest BCUT2D eigenvalue weighted by Crippen LogP contribution is -2.61. The maximum absolute atomic E-state index is 13.6. The number of sulfone groups is 1. The first-order valence-electron chi connectivity index (χ1n) is 13.4. The summed E-state index contributed by atoms with van der Waals surface area (Å²) in [5.41, 5.74) is 2.53. The first kappa shape index (κ1) is 22.2. The van der Waals surface area contributed by atoms with E-state index in [1.807, 2.05) is 0 Å². The molecule has 0 spiro atoms. The third-order valence-corrected chi connectivity index (χ3v) is 11.8. The van der Waals surface area contributed by atoms with Gasteiger partial charge in [0.15, 0.2) is 9.84 Å². The Morgan fingerprint density at radius 1 is 1.00 bits per heavy atom. The maximum Gasteiger partial charge on any atom is 0.255 e. The van der Waals surface area contributed by atoms with Crippen LogP contribution in [0.1, 0.15) is 97.5 Å². The fourth-order valence-corrected chi connectivity index (χ4v) is 10.3. The Bertz CT molecular complexity index is 1180. The first-order valence-corrected chi connectivity index (χ1v) is 15.3. The summed E-state index contributed by atoms with van der Waals surface area (Å²) in [4.78, 5) is 32.1. The van der Waals surface area contributed by atoms with Crippen molar-refractivity contribution in [3.8, 4) is 0 Å². The number of rotatable bonds is 4. The smallest absolute Gasteiger partial charge is 0.255 e. The van der Waals surface area contributed by atoms with E-state index in [4.69, 9.17) is 4.98 Å². The predicted octanol–water partition coefficient (Wildman–Crippen LogP) is 3.98. The van der Waals surface area contributed by atoms with E-state index in [1.54, 1.807) is 11.1 Å². The molecule has 188 valence electrons. The van der Waals surface area contributed by atoms with E-state index < -0.39 is 15.4 Å². The normalized spacial score (nSPS) is 40.4. The second kappa shape index (κ2) is 7.49. The second-order valence-electron chi connectivity index (χ2n) is 12.5. The molecule has 1 N–H and O–H groups in total. The highest BCUT2D eigenvalue weighted by Crippen LogP contribution is 2.60. The highest BCUT2D eigenvalue weighted by Gasteiger charge is 2.59. The van der Waals surface area contributed by atoms with Gasteiger partial charge in [0.2, 0.25) is 0 Å². The molecule has 0 radical (unpaired) electrons. The van der Waals surface area contributed by atoms with Gasteiger partial charge in [-0.2, -0.15) is 4.91 Å². The van der Waals surface area contributed by atoms with Crippen LogP contribution >= 0.6 is 0 Å². The van der Waals surface area contributed by atoms with Gasteiger partial charge in [0.1, 0.15) is 11.4 Å². The van der Waals surface area contributed by atoms with Crippen LogP contribution < -0.4 is 5.32 Å². The maximum atomic E-state index is 13.6. The minimum Gasteiger partial charge on any atom is -0.364 e. The number of hydrogen-bond acceptors (Lipinski definition) is 7. The molecule has 8 aliphatic rings. The van der Waals surface area contributed by atoms with E-state index in [-0.39, 0.29) is 36.0 Å². The van der Waals surface area contributed by atoms with Gasteiger partial charge in [-0.1, -0.05) is 5.18 Å². The molecule has 7 aliphatic carbocycles. The SMILES string of the molecule is O=NC12CC3CC(C1)CC(Nc1ncc(C(=O)N4CCS(=O)(=O)CC4)c4c1C1CCC4CC1)(C3)C2. The van der Waals surface area contributed by atoms with Gasteiger partial charge in [-0.15, -0.1) is 0 Å². The molecule has 1 amide bonds. The molecule has 1 aromatic heterocycles. The molecule has 5 saturated carbocycles. The van der Waals surface area contributed by atoms with E-state index in [2.05, 4.69) is 10.5 Å². The van der Waals surface area contributed by atoms with Gasteiger partial charge in [0, 0.05) is 30.4 Å². The summed E-state index contributed by atoms with van der Waals surface area (Å²) in [5, 5.41) is 7.59. The third kappa shape index (κ3) is 3.47. The van der Waals surface area contributed by atoms with Crippen LogP contribution in [0.4, 0.5) is 5.82 Å². The van der Waals surface area contributed by atoms with E-state index in [0.29, 0.717) is 29.2 Å². The number of nitrogens with zero attached hydrogens (tertiary/aromatic N) is 3. The number of anilines is 1. The van der Waals surface area contributed by atoms with Crippen LogP contribution in [-0.4, -0.2) is 59.9 Å². The lowest BCUT2D eigenvalue weighted by molar-refractivity contribution is -0.00754. The molecule has 6 bridgehead atoms. The van der Waals surface area contributed by atoms with E-state index in [0.717, 1.165) is 69.2 Å². The number of fused-ring (bicyclic) bond motifs is 2. The quantitative estimate of drug-likeness (QED) is 0.629. The Morgan fingerprint density at radius 2 is 1.63 bits per heavy atom. The van der Waals surface area contributed by atoms with Crippen LogP contribution in [0.25, 0.3) is 0 Å². The van der Waals surface area contributed by atoms with Crippen molar-refractivity contribution in [2.45, 2.75) is 87.1 Å². The summed E-state index contributed by atoms with van der Waals surface area (Å²) >= 11 is 0.